The van der Waals surface area contributed by atoms with Gasteiger partial charge in [0.05, 0.1) is 13.5 Å². The summed E-state index contributed by atoms with van der Waals surface area (Å²) in [6.07, 6.45) is -0.0637. The van der Waals surface area contributed by atoms with Gasteiger partial charge in [0.1, 0.15) is 34.0 Å². The zero-order valence-corrected chi connectivity index (χ0v) is 17.4. The first-order chi connectivity index (χ1) is 15.9. The highest BCUT2D eigenvalue weighted by Crippen LogP contribution is 2.47. The third kappa shape index (κ3) is 3.41. The monoisotopic (exact) mass is 446 g/mol. The molecule has 5 rings (SSSR count). The van der Waals surface area contributed by atoms with E-state index in [0.29, 0.717) is 16.7 Å². The van der Waals surface area contributed by atoms with Crippen LogP contribution in [0.25, 0.3) is 22.3 Å². The van der Waals surface area contributed by atoms with Gasteiger partial charge >= 0.3 is 5.97 Å². The number of fused-ring (bicyclic) bond motifs is 3. The first kappa shape index (κ1) is 20.4. The lowest BCUT2D eigenvalue weighted by molar-refractivity contribution is -0.135. The summed E-state index contributed by atoms with van der Waals surface area (Å²) in [6.45, 7) is 0. The number of rotatable bonds is 3. The number of methoxy groups -OCH3 is 1. The van der Waals surface area contributed by atoms with Gasteiger partial charge in [0.2, 0.25) is 0 Å². The molecule has 3 aromatic carbocycles. The molecule has 0 amide bonds. The van der Waals surface area contributed by atoms with Crippen LogP contribution >= 0.6 is 0 Å². The number of aromatic hydroxyl groups is 3. The van der Waals surface area contributed by atoms with Gasteiger partial charge in [-0.2, -0.15) is 0 Å². The van der Waals surface area contributed by atoms with Crippen molar-refractivity contribution in [1.82, 2.24) is 0 Å². The second-order valence-corrected chi connectivity index (χ2v) is 7.70. The van der Waals surface area contributed by atoms with Gasteiger partial charge in [0.15, 0.2) is 16.9 Å². The number of esters is 1. The summed E-state index contributed by atoms with van der Waals surface area (Å²) in [5.41, 5.74) is 1.12. The summed E-state index contributed by atoms with van der Waals surface area (Å²) in [7, 11) is 1.43. The quantitative estimate of drug-likeness (QED) is 0.318. The molecular formula is C25H18O8. The first-order valence-corrected chi connectivity index (χ1v) is 10.1. The molecule has 3 N–H and O–H groups in total. The Morgan fingerprint density at radius 3 is 2.39 bits per heavy atom. The zero-order valence-electron chi connectivity index (χ0n) is 17.4. The molecule has 1 aromatic heterocycles. The van der Waals surface area contributed by atoms with Crippen LogP contribution in [-0.4, -0.2) is 28.4 Å². The van der Waals surface area contributed by atoms with Gasteiger partial charge in [0, 0.05) is 29.2 Å². The van der Waals surface area contributed by atoms with E-state index in [1.807, 2.05) is 0 Å². The summed E-state index contributed by atoms with van der Waals surface area (Å²) in [6, 6.07) is 13.3. The Morgan fingerprint density at radius 1 is 0.939 bits per heavy atom. The van der Waals surface area contributed by atoms with Crippen LogP contribution in [-0.2, 0) is 4.79 Å². The van der Waals surface area contributed by atoms with E-state index in [1.54, 1.807) is 24.3 Å². The van der Waals surface area contributed by atoms with Crippen LogP contribution in [0.1, 0.15) is 23.5 Å². The van der Waals surface area contributed by atoms with E-state index in [0.717, 1.165) is 0 Å². The smallest absolute Gasteiger partial charge is 0.312 e. The number of hydrogen-bond acceptors (Lipinski definition) is 8. The van der Waals surface area contributed by atoms with E-state index in [9.17, 15) is 24.9 Å². The van der Waals surface area contributed by atoms with Crippen molar-refractivity contribution >= 4 is 16.9 Å². The number of benzene rings is 3. The van der Waals surface area contributed by atoms with E-state index in [-0.39, 0.29) is 51.9 Å². The molecule has 2 heterocycles. The average Bonchev–Trinajstić information content (AvgIpc) is 2.78. The minimum Gasteiger partial charge on any atom is -0.508 e. The number of phenolic OH excluding ortho intramolecular Hbond substituents is 3. The topological polar surface area (TPSA) is 126 Å². The largest absolute Gasteiger partial charge is 0.508 e. The predicted molar refractivity (Wildman–Crippen MR) is 118 cm³/mol. The van der Waals surface area contributed by atoms with Crippen LogP contribution in [0.3, 0.4) is 0 Å². The molecule has 33 heavy (non-hydrogen) atoms. The summed E-state index contributed by atoms with van der Waals surface area (Å²) in [5, 5.41) is 30.3. The summed E-state index contributed by atoms with van der Waals surface area (Å²) in [4.78, 5) is 25.3. The van der Waals surface area contributed by atoms with Crippen molar-refractivity contribution in [1.29, 1.82) is 0 Å². The molecule has 0 aliphatic carbocycles. The molecule has 1 atom stereocenters. The molecule has 0 unspecified atom stereocenters. The zero-order chi connectivity index (χ0) is 23.3. The first-order valence-electron chi connectivity index (χ1n) is 10.1. The van der Waals surface area contributed by atoms with Crippen molar-refractivity contribution in [2.24, 2.45) is 0 Å². The van der Waals surface area contributed by atoms with Gasteiger partial charge in [-0.25, -0.2) is 0 Å². The molecule has 0 bridgehead atoms. The number of phenols is 3. The number of ether oxygens (including phenoxy) is 2. The van der Waals surface area contributed by atoms with E-state index in [1.165, 1.54) is 37.4 Å². The highest BCUT2D eigenvalue weighted by atomic mass is 16.5. The van der Waals surface area contributed by atoms with Crippen molar-refractivity contribution in [2.75, 3.05) is 7.11 Å². The Balaban J connectivity index is 1.79. The molecule has 1 aliphatic heterocycles. The molecule has 0 saturated carbocycles. The van der Waals surface area contributed by atoms with Crippen molar-refractivity contribution in [3.63, 3.8) is 0 Å². The maximum atomic E-state index is 13.0. The van der Waals surface area contributed by atoms with Crippen molar-refractivity contribution in [3.05, 3.63) is 75.9 Å². The Hall–Kier alpha value is -4.46. The molecule has 166 valence electrons. The predicted octanol–water partition coefficient (Wildman–Crippen LogP) is 4.03. The van der Waals surface area contributed by atoms with E-state index >= 15 is 0 Å². The maximum absolute atomic E-state index is 13.0. The molecule has 1 aliphatic rings. The number of hydrogen-bond donors (Lipinski definition) is 3. The number of carbonyl (C=O) groups excluding carboxylic acids is 1. The van der Waals surface area contributed by atoms with Gasteiger partial charge in [-0.3, -0.25) is 9.59 Å². The van der Waals surface area contributed by atoms with Crippen LogP contribution < -0.4 is 14.9 Å². The summed E-state index contributed by atoms with van der Waals surface area (Å²) < 4.78 is 16.6. The third-order valence-electron chi connectivity index (χ3n) is 5.68. The normalized spacial score (nSPS) is 15.2. The summed E-state index contributed by atoms with van der Waals surface area (Å²) >= 11 is 0. The Bertz CT molecular complexity index is 1470. The van der Waals surface area contributed by atoms with Crippen LogP contribution in [0.4, 0.5) is 0 Å². The molecule has 8 nitrogen and oxygen atoms in total. The number of carbonyl (C=O) groups is 1. The fraction of sp³-hybridized carbons (Fsp3) is 0.120. The van der Waals surface area contributed by atoms with Crippen molar-refractivity contribution < 1.29 is 34.0 Å². The molecule has 0 saturated heterocycles. The minimum absolute atomic E-state index is 0.0445. The van der Waals surface area contributed by atoms with Crippen LogP contribution in [0.15, 0.2) is 63.8 Å². The van der Waals surface area contributed by atoms with Crippen LogP contribution in [0.2, 0.25) is 0 Å². The fourth-order valence-electron chi connectivity index (χ4n) is 4.14. The molecule has 0 fully saturated rings. The van der Waals surface area contributed by atoms with Gasteiger partial charge in [-0.1, -0.05) is 6.07 Å². The Kier molecular flexibility index (Phi) is 4.70. The van der Waals surface area contributed by atoms with Crippen LogP contribution in [0, 0.1) is 0 Å². The van der Waals surface area contributed by atoms with E-state index in [2.05, 4.69) is 0 Å². The molecule has 0 spiro atoms. The van der Waals surface area contributed by atoms with Gasteiger partial charge in [-0.15, -0.1) is 0 Å². The molecule has 8 heteroatoms. The van der Waals surface area contributed by atoms with Gasteiger partial charge in [-0.05, 0) is 42.0 Å². The standard InChI is InChI=1S/C25H18O8/c1-31-19-7-4-13(8-16(19)27)15-9-22(30)32-21-11-18(29)24-17(28)10-20(33-25(24)23(15)21)12-2-5-14(26)6-3-12/h2-8,10-11,15,26-27,29H,9H2,1H3/t15-/m0/s1. The maximum Gasteiger partial charge on any atom is 0.312 e. The fourth-order valence-corrected chi connectivity index (χ4v) is 4.14. The molecule has 4 aromatic rings. The SMILES string of the molecule is COc1ccc([C@@H]2CC(=O)Oc3cc(O)c4c(=O)cc(-c5ccc(O)cc5)oc4c32)cc1O. The second-order valence-electron chi connectivity index (χ2n) is 7.70. The van der Waals surface area contributed by atoms with Gasteiger partial charge < -0.3 is 29.2 Å². The van der Waals surface area contributed by atoms with Crippen molar-refractivity contribution in [2.45, 2.75) is 12.3 Å². The van der Waals surface area contributed by atoms with E-state index < -0.39 is 17.3 Å². The minimum atomic E-state index is -0.612. The van der Waals surface area contributed by atoms with Crippen molar-refractivity contribution in [3.8, 4) is 40.1 Å². The van der Waals surface area contributed by atoms with E-state index in [4.69, 9.17) is 13.9 Å². The summed E-state index contributed by atoms with van der Waals surface area (Å²) in [5.74, 6) is -1.00. The third-order valence-corrected chi connectivity index (χ3v) is 5.68. The molecule has 0 radical (unpaired) electrons. The van der Waals surface area contributed by atoms with Crippen LogP contribution in [0.5, 0.6) is 28.7 Å². The Morgan fingerprint density at radius 2 is 1.70 bits per heavy atom. The lowest BCUT2D eigenvalue weighted by Crippen LogP contribution is -2.22. The average molecular weight is 446 g/mol. The highest BCUT2D eigenvalue weighted by molar-refractivity contribution is 5.93. The second kappa shape index (κ2) is 7.59. The Labute approximate surface area is 186 Å². The lowest BCUT2D eigenvalue weighted by atomic mass is 9.85. The lowest BCUT2D eigenvalue weighted by Gasteiger charge is -2.26. The highest BCUT2D eigenvalue weighted by Gasteiger charge is 2.34. The van der Waals surface area contributed by atoms with Gasteiger partial charge in [0.25, 0.3) is 0 Å². The molecular weight excluding hydrogens is 428 g/mol.